The van der Waals surface area contributed by atoms with Gasteiger partial charge in [-0.15, -0.1) is 0 Å². The summed E-state index contributed by atoms with van der Waals surface area (Å²) in [6.45, 7) is 4.31. The van der Waals surface area contributed by atoms with Crippen LogP contribution in [-0.4, -0.2) is 40.2 Å². The molecule has 2 heterocycles. The summed E-state index contributed by atoms with van der Waals surface area (Å²) in [5.74, 6) is -0.104. The lowest BCUT2D eigenvalue weighted by Crippen LogP contribution is -2.21. The molecular formula is C21H23FN4O. The first-order valence-electron chi connectivity index (χ1n) is 9.45. The van der Waals surface area contributed by atoms with E-state index in [1.807, 2.05) is 10.9 Å². The van der Waals surface area contributed by atoms with Crippen molar-refractivity contribution in [3.8, 4) is 0 Å². The number of benzene rings is 2. The summed E-state index contributed by atoms with van der Waals surface area (Å²) in [6, 6.07) is 11.6. The smallest absolute Gasteiger partial charge is 0.257 e. The topological polar surface area (TPSA) is 50.2 Å². The maximum Gasteiger partial charge on any atom is 0.257 e. The van der Waals surface area contributed by atoms with Crippen molar-refractivity contribution in [2.75, 3.05) is 25.0 Å². The molecule has 0 spiro atoms. The molecule has 0 unspecified atom stereocenters. The van der Waals surface area contributed by atoms with Crippen LogP contribution in [0, 0.1) is 5.82 Å². The lowest BCUT2D eigenvalue weighted by molar-refractivity contribution is 0.102. The normalized spacial score (nSPS) is 14.7. The molecule has 0 aliphatic carbocycles. The van der Waals surface area contributed by atoms with Crippen LogP contribution in [-0.2, 0) is 6.54 Å². The zero-order chi connectivity index (χ0) is 18.6. The summed E-state index contributed by atoms with van der Waals surface area (Å²) >= 11 is 0. The van der Waals surface area contributed by atoms with Gasteiger partial charge in [-0.05, 0) is 56.4 Å². The molecule has 1 aliphatic heterocycles. The highest BCUT2D eigenvalue weighted by molar-refractivity contribution is 6.12. The molecule has 140 valence electrons. The molecule has 5 nitrogen and oxygen atoms in total. The maximum absolute atomic E-state index is 13.9. The molecule has 1 saturated heterocycles. The summed E-state index contributed by atoms with van der Waals surface area (Å²) < 4.78 is 15.8. The number of carbonyl (C=O) groups excluding carboxylic acids is 1. The molecule has 1 aliphatic rings. The Hall–Kier alpha value is -2.73. The Labute approximate surface area is 157 Å². The molecule has 2 aromatic carbocycles. The Balaban J connectivity index is 1.40. The minimum Gasteiger partial charge on any atom is -0.305 e. The third kappa shape index (κ3) is 4.01. The van der Waals surface area contributed by atoms with Crippen molar-refractivity contribution in [3.63, 3.8) is 0 Å². The predicted molar refractivity (Wildman–Crippen MR) is 104 cm³/mol. The Morgan fingerprint density at radius 2 is 1.81 bits per heavy atom. The zero-order valence-corrected chi connectivity index (χ0v) is 15.2. The molecule has 0 bridgehead atoms. The number of anilines is 1. The molecule has 0 saturated carbocycles. The van der Waals surface area contributed by atoms with Crippen LogP contribution < -0.4 is 5.32 Å². The van der Waals surface area contributed by atoms with Crippen molar-refractivity contribution in [3.05, 3.63) is 60.0 Å². The van der Waals surface area contributed by atoms with Crippen molar-refractivity contribution >= 4 is 22.5 Å². The van der Waals surface area contributed by atoms with Crippen LogP contribution in [0.2, 0.25) is 0 Å². The number of nitrogens with zero attached hydrogens (tertiary/aromatic N) is 3. The fourth-order valence-corrected chi connectivity index (χ4v) is 3.66. The number of aryl methyl sites for hydroxylation is 1. The SMILES string of the molecule is O=C(Nc1ccn(CCCN2CCCC2)n1)c1ccc(F)c2ccccc12. The monoisotopic (exact) mass is 366 g/mol. The number of hydrogen-bond donors (Lipinski definition) is 1. The van der Waals surface area contributed by atoms with Crippen LogP contribution in [0.5, 0.6) is 0 Å². The molecule has 1 amide bonds. The van der Waals surface area contributed by atoms with Gasteiger partial charge in [0.25, 0.3) is 5.91 Å². The number of likely N-dealkylation sites (tertiary alicyclic amines) is 1. The second-order valence-electron chi connectivity index (χ2n) is 6.96. The van der Waals surface area contributed by atoms with E-state index in [0.29, 0.717) is 22.2 Å². The van der Waals surface area contributed by atoms with E-state index in [4.69, 9.17) is 0 Å². The lowest BCUT2D eigenvalue weighted by Gasteiger charge is -2.13. The van der Waals surface area contributed by atoms with E-state index in [-0.39, 0.29) is 11.7 Å². The van der Waals surface area contributed by atoms with Gasteiger partial charge in [0.2, 0.25) is 0 Å². The highest BCUT2D eigenvalue weighted by atomic mass is 19.1. The van der Waals surface area contributed by atoms with Gasteiger partial charge in [-0.1, -0.05) is 24.3 Å². The molecule has 1 N–H and O–H groups in total. The first-order chi connectivity index (χ1) is 13.2. The van der Waals surface area contributed by atoms with Gasteiger partial charge >= 0.3 is 0 Å². The van der Waals surface area contributed by atoms with Gasteiger partial charge in [0, 0.05) is 29.8 Å². The third-order valence-corrected chi connectivity index (χ3v) is 5.06. The van der Waals surface area contributed by atoms with E-state index in [1.54, 1.807) is 30.3 Å². The Morgan fingerprint density at radius 1 is 1.04 bits per heavy atom. The highest BCUT2D eigenvalue weighted by Crippen LogP contribution is 2.22. The predicted octanol–water partition coefficient (Wildman–Crippen LogP) is 3.91. The van der Waals surface area contributed by atoms with E-state index >= 15 is 0 Å². The van der Waals surface area contributed by atoms with Crippen molar-refractivity contribution in [2.24, 2.45) is 0 Å². The minimum absolute atomic E-state index is 0.284. The van der Waals surface area contributed by atoms with Gasteiger partial charge < -0.3 is 10.2 Å². The van der Waals surface area contributed by atoms with Gasteiger partial charge in [-0.3, -0.25) is 9.48 Å². The highest BCUT2D eigenvalue weighted by Gasteiger charge is 2.14. The Bertz CT molecular complexity index is 946. The van der Waals surface area contributed by atoms with Crippen LogP contribution in [0.25, 0.3) is 10.8 Å². The summed E-state index contributed by atoms with van der Waals surface area (Å²) in [4.78, 5) is 15.1. The second kappa shape index (κ2) is 7.88. The lowest BCUT2D eigenvalue weighted by atomic mass is 10.0. The van der Waals surface area contributed by atoms with Gasteiger partial charge in [0.1, 0.15) is 5.82 Å². The van der Waals surface area contributed by atoms with Crippen LogP contribution in [0.15, 0.2) is 48.7 Å². The average molecular weight is 366 g/mol. The molecule has 27 heavy (non-hydrogen) atoms. The number of fused-ring (bicyclic) bond motifs is 1. The van der Waals surface area contributed by atoms with Crippen LogP contribution >= 0.6 is 0 Å². The summed E-state index contributed by atoms with van der Waals surface area (Å²) in [6.07, 6.45) is 5.52. The van der Waals surface area contributed by atoms with Crippen molar-refractivity contribution in [2.45, 2.75) is 25.8 Å². The van der Waals surface area contributed by atoms with Crippen molar-refractivity contribution in [1.29, 1.82) is 0 Å². The van der Waals surface area contributed by atoms with Crippen molar-refractivity contribution in [1.82, 2.24) is 14.7 Å². The average Bonchev–Trinajstić information content (AvgIpc) is 3.34. The van der Waals surface area contributed by atoms with E-state index in [2.05, 4.69) is 15.3 Å². The van der Waals surface area contributed by atoms with Gasteiger partial charge in [0.15, 0.2) is 5.82 Å². The molecule has 1 fully saturated rings. The van der Waals surface area contributed by atoms with Gasteiger partial charge in [-0.2, -0.15) is 5.10 Å². The van der Waals surface area contributed by atoms with Gasteiger partial charge in [-0.25, -0.2) is 4.39 Å². The molecule has 3 aromatic rings. The van der Waals surface area contributed by atoms with E-state index in [1.165, 1.54) is 38.1 Å². The van der Waals surface area contributed by atoms with Crippen LogP contribution in [0.1, 0.15) is 29.6 Å². The fourth-order valence-electron chi connectivity index (χ4n) is 3.66. The maximum atomic E-state index is 13.9. The van der Waals surface area contributed by atoms with E-state index < -0.39 is 0 Å². The number of rotatable bonds is 6. The largest absolute Gasteiger partial charge is 0.305 e. The number of halogens is 1. The molecule has 4 rings (SSSR count). The third-order valence-electron chi connectivity index (χ3n) is 5.06. The Morgan fingerprint density at radius 3 is 2.63 bits per heavy atom. The number of amides is 1. The number of carbonyl (C=O) groups is 1. The minimum atomic E-state index is -0.329. The van der Waals surface area contributed by atoms with Crippen molar-refractivity contribution < 1.29 is 9.18 Å². The summed E-state index contributed by atoms with van der Waals surface area (Å²) in [5, 5.41) is 8.29. The number of nitrogens with one attached hydrogen (secondary N) is 1. The molecule has 0 atom stereocenters. The Kier molecular flexibility index (Phi) is 5.16. The van der Waals surface area contributed by atoms with Crippen LogP contribution in [0.4, 0.5) is 10.2 Å². The van der Waals surface area contributed by atoms with E-state index in [9.17, 15) is 9.18 Å². The van der Waals surface area contributed by atoms with Gasteiger partial charge in [0.05, 0.1) is 0 Å². The standard InChI is InChI=1S/C21H23FN4O/c22-19-9-8-18(16-6-1-2-7-17(16)19)21(27)23-20-10-15-26(24-20)14-5-13-25-11-3-4-12-25/h1-2,6-10,15H,3-5,11-14H2,(H,23,24,27). The number of aromatic nitrogens is 2. The van der Waals surface area contributed by atoms with Crippen LogP contribution in [0.3, 0.4) is 0 Å². The molecular weight excluding hydrogens is 343 g/mol. The first kappa shape index (κ1) is 17.7. The fraction of sp³-hybridized carbons (Fsp3) is 0.333. The summed E-state index contributed by atoms with van der Waals surface area (Å²) in [5.41, 5.74) is 0.440. The quantitative estimate of drug-likeness (QED) is 0.719. The first-order valence-corrected chi connectivity index (χ1v) is 9.45. The zero-order valence-electron chi connectivity index (χ0n) is 15.2. The second-order valence-corrected chi connectivity index (χ2v) is 6.96. The number of hydrogen-bond acceptors (Lipinski definition) is 3. The molecule has 6 heteroatoms. The molecule has 1 aromatic heterocycles. The summed E-state index contributed by atoms with van der Waals surface area (Å²) in [7, 11) is 0. The molecule has 0 radical (unpaired) electrons. The van der Waals surface area contributed by atoms with E-state index in [0.717, 1.165) is 19.5 Å².